The molecule has 366 valence electrons. The van der Waals surface area contributed by atoms with Crippen molar-refractivity contribution in [3.63, 3.8) is 0 Å². The van der Waals surface area contributed by atoms with E-state index >= 15 is 0 Å². The smallest absolute Gasteiger partial charge is 0.438 e. The van der Waals surface area contributed by atoms with Crippen LogP contribution in [0.25, 0.3) is 0 Å². The van der Waals surface area contributed by atoms with E-state index in [4.69, 9.17) is 0 Å². The topological polar surface area (TPSA) is 153 Å². The van der Waals surface area contributed by atoms with Crippen LogP contribution < -0.4 is 8.37 Å². The zero-order valence-electron chi connectivity index (χ0n) is 30.9. The first-order chi connectivity index (χ1) is 30.4. The molecular formula is C34H13F18IO10S4. The number of hydrogen-bond acceptors (Lipinski definition) is 10. The minimum atomic E-state index is -7.12. The summed E-state index contributed by atoms with van der Waals surface area (Å²) in [6.45, 7) is 0. The van der Waals surface area contributed by atoms with Crippen LogP contribution in [0.4, 0.5) is 79.0 Å². The zero-order valence-corrected chi connectivity index (χ0v) is 36.3. The lowest BCUT2D eigenvalue weighted by molar-refractivity contribution is -0.438. The van der Waals surface area contributed by atoms with E-state index in [1.807, 2.05) is 4.74 Å². The number of halogens is 19. The zero-order chi connectivity index (χ0) is 51.2. The van der Waals surface area contributed by atoms with Gasteiger partial charge in [0.2, 0.25) is 11.6 Å². The Morgan fingerprint density at radius 3 is 1.00 bits per heavy atom. The Labute approximate surface area is 378 Å². The SMILES string of the molecule is O=S(=O)(Oc1ccc([S+](c2ccccc2)c2ccc(OS(=O)(=O)c3c(F)c(F)c(F)c(F)c3F)cc2)cc1)c1c(F)c(F)c(F)c(F)c1F.O=S(=O)([O-])C(F)(F)C(F)(F)OC(F)(F)C(F)(F)I. The van der Waals surface area contributed by atoms with Gasteiger partial charge in [-0.3, -0.25) is 0 Å². The maximum Gasteiger partial charge on any atom is 0.438 e. The summed E-state index contributed by atoms with van der Waals surface area (Å²) in [4.78, 5) is -3.01. The van der Waals surface area contributed by atoms with Crippen LogP contribution in [0, 0.1) is 58.2 Å². The van der Waals surface area contributed by atoms with Gasteiger partial charge in [-0.05, 0) is 60.7 Å². The second-order valence-corrected chi connectivity index (χ2v) is 19.8. The third kappa shape index (κ3) is 11.3. The quantitative estimate of drug-likeness (QED) is 0.0154. The molecule has 5 aromatic carbocycles. The van der Waals surface area contributed by atoms with Gasteiger partial charge in [0, 0.05) is 22.6 Å². The van der Waals surface area contributed by atoms with Crippen molar-refractivity contribution in [2.45, 2.75) is 45.9 Å². The molecular weight excluding hydrogens is 1170 g/mol. The summed E-state index contributed by atoms with van der Waals surface area (Å²) in [5.41, 5.74) is 0. The van der Waals surface area contributed by atoms with E-state index < -0.39 is 165 Å². The summed E-state index contributed by atoms with van der Waals surface area (Å²) in [6.07, 6.45) is -12.8. The van der Waals surface area contributed by atoms with Crippen molar-refractivity contribution in [1.82, 2.24) is 0 Å². The Bertz CT molecular complexity index is 2820. The minimum Gasteiger partial charge on any atom is -0.743 e. The lowest BCUT2D eigenvalue weighted by Crippen LogP contribution is -2.54. The summed E-state index contributed by atoms with van der Waals surface area (Å²) in [6, 6.07) is 17.5. The highest BCUT2D eigenvalue weighted by molar-refractivity contribution is 14.1. The molecule has 0 N–H and O–H groups in total. The Morgan fingerprint density at radius 1 is 0.433 bits per heavy atom. The van der Waals surface area contributed by atoms with Gasteiger partial charge in [0.05, 0.1) is 10.9 Å². The number of alkyl halides is 9. The van der Waals surface area contributed by atoms with Gasteiger partial charge in [-0.25, -0.2) is 57.1 Å². The van der Waals surface area contributed by atoms with Crippen molar-refractivity contribution in [3.05, 3.63) is 137 Å². The summed E-state index contributed by atoms with van der Waals surface area (Å²) >= 11 is -0.406. The van der Waals surface area contributed by atoms with Gasteiger partial charge in [0.15, 0.2) is 81.1 Å². The van der Waals surface area contributed by atoms with E-state index in [2.05, 4.69) is 8.37 Å². The average molecular weight is 1180 g/mol. The van der Waals surface area contributed by atoms with Crippen LogP contribution in [-0.4, -0.2) is 51.2 Å². The highest BCUT2D eigenvalue weighted by Crippen LogP contribution is 2.49. The minimum absolute atomic E-state index is 0.398. The molecule has 0 saturated heterocycles. The fourth-order valence-corrected chi connectivity index (χ4v) is 9.23. The maximum absolute atomic E-state index is 14.1. The number of benzene rings is 5. The summed E-state index contributed by atoms with van der Waals surface area (Å²) < 4.78 is 321. The van der Waals surface area contributed by atoms with E-state index in [0.717, 1.165) is 24.3 Å². The molecule has 0 aliphatic heterocycles. The van der Waals surface area contributed by atoms with E-state index in [9.17, 15) is 109 Å². The maximum atomic E-state index is 14.1. The fourth-order valence-electron chi connectivity index (χ4n) is 4.60. The first kappa shape index (κ1) is 54.9. The average Bonchev–Trinajstić information content (AvgIpc) is 3.21. The van der Waals surface area contributed by atoms with Crippen molar-refractivity contribution in [1.29, 1.82) is 0 Å². The predicted molar refractivity (Wildman–Crippen MR) is 194 cm³/mol. The van der Waals surface area contributed by atoms with Gasteiger partial charge in [-0.1, -0.05) is 18.2 Å². The molecule has 0 radical (unpaired) electrons. The number of ether oxygens (including phenoxy) is 1. The van der Waals surface area contributed by atoms with Crippen LogP contribution in [0.5, 0.6) is 11.5 Å². The lowest BCUT2D eigenvalue weighted by Gasteiger charge is -2.31. The Hall–Kier alpha value is -4.71. The van der Waals surface area contributed by atoms with Crippen LogP contribution >= 0.6 is 22.6 Å². The summed E-state index contributed by atoms with van der Waals surface area (Å²) in [5, 5.41) is -6.65. The van der Waals surface area contributed by atoms with Crippen molar-refractivity contribution in [2.24, 2.45) is 0 Å². The lowest BCUT2D eigenvalue weighted by atomic mass is 10.3. The molecule has 67 heavy (non-hydrogen) atoms. The molecule has 0 aliphatic carbocycles. The van der Waals surface area contributed by atoms with Crippen LogP contribution in [0.2, 0.25) is 0 Å². The van der Waals surface area contributed by atoms with Crippen LogP contribution in [0.15, 0.2) is 103 Å². The van der Waals surface area contributed by atoms with Gasteiger partial charge < -0.3 is 12.9 Å². The molecule has 0 amide bonds. The first-order valence-electron chi connectivity index (χ1n) is 16.2. The number of hydrogen-bond donors (Lipinski definition) is 0. The predicted octanol–water partition coefficient (Wildman–Crippen LogP) is 10.1. The molecule has 0 unspecified atom stereocenters. The fraction of sp³-hybridized carbons (Fsp3) is 0.118. The Morgan fingerprint density at radius 2 is 0.716 bits per heavy atom. The van der Waals surface area contributed by atoms with Crippen LogP contribution in [-0.2, 0) is 46.0 Å². The molecule has 10 nitrogen and oxygen atoms in total. The first-order valence-corrected chi connectivity index (χ1v) is 22.7. The van der Waals surface area contributed by atoms with Crippen LogP contribution in [0.3, 0.4) is 0 Å². The molecule has 0 spiro atoms. The molecule has 0 aliphatic rings. The van der Waals surface area contributed by atoms with E-state index in [1.165, 1.54) is 24.3 Å². The monoisotopic (exact) mass is 1180 g/mol. The van der Waals surface area contributed by atoms with E-state index in [-0.39, 0.29) is 0 Å². The molecule has 0 heterocycles. The van der Waals surface area contributed by atoms with Crippen molar-refractivity contribution in [3.8, 4) is 11.5 Å². The largest absolute Gasteiger partial charge is 0.743 e. The molecule has 0 bridgehead atoms. The van der Waals surface area contributed by atoms with Crippen molar-refractivity contribution < 1.29 is 122 Å². The third-order valence-electron chi connectivity index (χ3n) is 7.59. The van der Waals surface area contributed by atoms with Gasteiger partial charge in [-0.15, -0.1) is 0 Å². The molecule has 5 rings (SSSR count). The molecule has 33 heteroatoms. The second-order valence-electron chi connectivity index (χ2n) is 12.0. The Balaban J connectivity index is 0.000000461. The molecule has 5 aromatic rings. The van der Waals surface area contributed by atoms with Gasteiger partial charge >= 0.3 is 41.6 Å². The Kier molecular flexibility index (Phi) is 15.9. The molecule has 0 fully saturated rings. The summed E-state index contributed by atoms with van der Waals surface area (Å²) in [7, 11) is -19.4. The molecule has 0 saturated carbocycles. The van der Waals surface area contributed by atoms with E-state index in [0.29, 0.717) is 14.7 Å². The van der Waals surface area contributed by atoms with Gasteiger partial charge in [-0.2, -0.15) is 52.0 Å². The summed E-state index contributed by atoms with van der Waals surface area (Å²) in [5.74, 6) is -26.9. The third-order valence-corrected chi connectivity index (χ3v) is 13.9. The van der Waals surface area contributed by atoms with Crippen molar-refractivity contribution >= 4 is 63.8 Å². The van der Waals surface area contributed by atoms with Crippen LogP contribution in [0.1, 0.15) is 0 Å². The highest BCUT2D eigenvalue weighted by atomic mass is 127. The number of rotatable bonds is 14. The van der Waals surface area contributed by atoms with Gasteiger partial charge in [0.25, 0.3) is 0 Å². The second kappa shape index (κ2) is 19.4. The van der Waals surface area contributed by atoms with Gasteiger partial charge in [0.1, 0.15) is 11.5 Å². The normalized spacial score (nSPS) is 13.0. The molecule has 0 aromatic heterocycles. The standard InChI is InChI=1S/C30H13F10O6S3.C4HF8IO4S/c31-19-21(33)25(37)29(26(38)22(19)34)48(41,42)45-14-6-10-17(11-7-14)47(16-4-2-1-3-5-16)18-12-8-15(9-13-18)46-49(43,44)30-27(39)23(35)20(32)24(36)28(30)40;5-1(6,13)2(7,8)17-3(9,10)4(11,12)18(14,15)16/h1-13H;(H,14,15,16)/q+1;/p-1. The van der Waals surface area contributed by atoms with Crippen molar-refractivity contribution in [2.75, 3.05) is 0 Å². The highest BCUT2D eigenvalue weighted by Gasteiger charge is 2.71. The molecule has 0 atom stereocenters. The van der Waals surface area contributed by atoms with E-state index in [1.54, 1.807) is 30.3 Å².